The third-order valence-corrected chi connectivity index (χ3v) is 3.23. The number of hydrogen-bond donors (Lipinski definition) is 2. The number of rotatable bonds is 8. The average molecular weight is 323 g/mol. The van der Waals surface area contributed by atoms with Gasteiger partial charge in [-0.2, -0.15) is 0 Å². The summed E-state index contributed by atoms with van der Waals surface area (Å²) in [5.74, 6) is 0.799. The molecule has 2 aromatic rings. The fraction of sp³-hybridized carbons (Fsp3) is 0.150. The van der Waals surface area contributed by atoms with Gasteiger partial charge in [0, 0.05) is 0 Å². The van der Waals surface area contributed by atoms with Gasteiger partial charge in [0.15, 0.2) is 5.78 Å². The molecule has 0 aliphatic rings. The highest BCUT2D eigenvalue weighted by atomic mass is 16.5. The molecule has 24 heavy (non-hydrogen) atoms. The van der Waals surface area contributed by atoms with Gasteiger partial charge >= 0.3 is 0 Å². The average Bonchev–Trinajstić information content (AvgIpc) is 2.59. The van der Waals surface area contributed by atoms with Crippen molar-refractivity contribution in [1.82, 2.24) is 0 Å². The maximum absolute atomic E-state index is 11.9. The molecule has 0 bridgehead atoms. The minimum absolute atomic E-state index is 0.132. The quantitative estimate of drug-likeness (QED) is 0.577. The number of carbonyl (C=O) groups is 1. The molecule has 0 saturated heterocycles. The number of benzene rings is 2. The van der Waals surface area contributed by atoms with E-state index in [4.69, 9.17) is 10.5 Å². The first kappa shape index (κ1) is 17.5. The molecule has 0 aliphatic heterocycles. The number of ketones is 1. The van der Waals surface area contributed by atoms with E-state index in [1.807, 2.05) is 30.3 Å². The molecule has 0 heterocycles. The van der Waals surface area contributed by atoms with E-state index in [2.05, 4.69) is 0 Å². The highest BCUT2D eigenvalue weighted by Crippen LogP contribution is 2.15. The SMILES string of the molecule is NCCCOc1cccc(/C=C/C(=O)/C=C/c2cccc(O)c2)c1. The minimum Gasteiger partial charge on any atom is -0.508 e. The van der Waals surface area contributed by atoms with Crippen molar-refractivity contribution in [3.05, 3.63) is 71.8 Å². The standard InChI is InChI=1S/C20H21NO3/c21-12-3-13-24-20-7-2-5-17(15-20)9-11-18(22)10-8-16-4-1-6-19(23)14-16/h1-2,4-11,14-15,23H,3,12-13,21H2/b10-8+,11-9+. The zero-order valence-corrected chi connectivity index (χ0v) is 13.4. The maximum atomic E-state index is 11.9. The van der Waals surface area contributed by atoms with Crippen LogP contribution in [0.2, 0.25) is 0 Å². The van der Waals surface area contributed by atoms with E-state index in [-0.39, 0.29) is 11.5 Å². The van der Waals surface area contributed by atoms with Crippen LogP contribution in [0.1, 0.15) is 17.5 Å². The Morgan fingerprint density at radius 3 is 2.38 bits per heavy atom. The predicted octanol–water partition coefficient (Wildman–Crippen LogP) is 3.42. The van der Waals surface area contributed by atoms with E-state index < -0.39 is 0 Å². The Morgan fingerprint density at radius 1 is 1.04 bits per heavy atom. The van der Waals surface area contributed by atoms with Gasteiger partial charge in [0.25, 0.3) is 0 Å². The van der Waals surface area contributed by atoms with Crippen molar-refractivity contribution >= 4 is 17.9 Å². The molecule has 4 nitrogen and oxygen atoms in total. The first-order chi connectivity index (χ1) is 11.7. The maximum Gasteiger partial charge on any atom is 0.178 e. The van der Waals surface area contributed by atoms with Crippen molar-refractivity contribution in [1.29, 1.82) is 0 Å². The number of allylic oxidation sites excluding steroid dienone is 2. The zero-order valence-electron chi connectivity index (χ0n) is 13.4. The molecule has 4 heteroatoms. The van der Waals surface area contributed by atoms with Gasteiger partial charge in [-0.25, -0.2) is 0 Å². The molecule has 0 aromatic heterocycles. The lowest BCUT2D eigenvalue weighted by molar-refractivity contribution is -0.110. The number of phenols is 1. The Kier molecular flexibility index (Phi) is 6.80. The van der Waals surface area contributed by atoms with E-state index >= 15 is 0 Å². The molecule has 0 radical (unpaired) electrons. The highest BCUT2D eigenvalue weighted by Gasteiger charge is 1.96. The number of nitrogens with two attached hydrogens (primary N) is 1. The molecule has 3 N–H and O–H groups in total. The van der Waals surface area contributed by atoms with Gasteiger partial charge in [-0.1, -0.05) is 36.4 Å². The summed E-state index contributed by atoms with van der Waals surface area (Å²) < 4.78 is 5.57. The monoisotopic (exact) mass is 323 g/mol. The largest absolute Gasteiger partial charge is 0.508 e. The van der Waals surface area contributed by atoms with Gasteiger partial charge in [0.2, 0.25) is 0 Å². The van der Waals surface area contributed by atoms with Crippen molar-refractivity contribution in [3.63, 3.8) is 0 Å². The molecule has 2 rings (SSSR count). The van der Waals surface area contributed by atoms with E-state index in [1.54, 1.807) is 30.4 Å². The van der Waals surface area contributed by atoms with E-state index in [9.17, 15) is 9.90 Å². The zero-order chi connectivity index (χ0) is 17.2. The molecular weight excluding hydrogens is 302 g/mol. The van der Waals surface area contributed by atoms with Crippen LogP contribution in [-0.4, -0.2) is 24.0 Å². The van der Waals surface area contributed by atoms with Crippen molar-refractivity contribution in [2.75, 3.05) is 13.2 Å². The van der Waals surface area contributed by atoms with Crippen molar-refractivity contribution < 1.29 is 14.6 Å². The van der Waals surface area contributed by atoms with Crippen LogP contribution < -0.4 is 10.5 Å². The van der Waals surface area contributed by atoms with Gasteiger partial charge in [0.1, 0.15) is 11.5 Å². The van der Waals surface area contributed by atoms with Crippen molar-refractivity contribution in [2.24, 2.45) is 5.73 Å². The Hall–Kier alpha value is -2.85. The molecule has 124 valence electrons. The van der Waals surface area contributed by atoms with E-state index in [0.29, 0.717) is 13.2 Å². The van der Waals surface area contributed by atoms with Crippen molar-refractivity contribution in [2.45, 2.75) is 6.42 Å². The molecule has 0 unspecified atom stereocenters. The molecule has 0 amide bonds. The number of hydrogen-bond acceptors (Lipinski definition) is 4. The third-order valence-electron chi connectivity index (χ3n) is 3.23. The molecular formula is C20H21NO3. The van der Waals surface area contributed by atoms with Crippen LogP contribution in [0.5, 0.6) is 11.5 Å². The number of phenolic OH excluding ortho intramolecular Hbond substituents is 1. The van der Waals surface area contributed by atoms with Crippen LogP contribution in [0, 0.1) is 0 Å². The van der Waals surface area contributed by atoms with Gasteiger partial charge < -0.3 is 15.6 Å². The predicted molar refractivity (Wildman–Crippen MR) is 96.8 cm³/mol. The second-order valence-electron chi connectivity index (χ2n) is 5.23. The number of aromatic hydroxyl groups is 1. The van der Waals surface area contributed by atoms with Crippen molar-refractivity contribution in [3.8, 4) is 11.5 Å². The third kappa shape index (κ3) is 6.10. The molecule has 2 aromatic carbocycles. The molecule has 0 atom stereocenters. The summed E-state index contributed by atoms with van der Waals surface area (Å²) in [6.45, 7) is 1.18. The first-order valence-corrected chi connectivity index (χ1v) is 7.79. The fourth-order valence-corrected chi connectivity index (χ4v) is 2.02. The minimum atomic E-state index is -0.132. The lowest BCUT2D eigenvalue weighted by atomic mass is 10.1. The normalized spacial score (nSPS) is 11.2. The van der Waals surface area contributed by atoms with Crippen LogP contribution in [0.25, 0.3) is 12.2 Å². The topological polar surface area (TPSA) is 72.5 Å². The number of carbonyl (C=O) groups excluding carboxylic acids is 1. The van der Waals surface area contributed by atoms with Gasteiger partial charge in [-0.3, -0.25) is 4.79 Å². The van der Waals surface area contributed by atoms with E-state index in [1.165, 1.54) is 12.2 Å². The van der Waals surface area contributed by atoms with Crippen LogP contribution in [0.3, 0.4) is 0 Å². The highest BCUT2D eigenvalue weighted by molar-refractivity contribution is 6.04. The second kappa shape index (κ2) is 9.33. The lowest BCUT2D eigenvalue weighted by Crippen LogP contribution is -2.06. The van der Waals surface area contributed by atoms with E-state index in [0.717, 1.165) is 23.3 Å². The Labute approximate surface area is 141 Å². The summed E-state index contributed by atoms with van der Waals surface area (Å²) in [7, 11) is 0. The summed E-state index contributed by atoms with van der Waals surface area (Å²) >= 11 is 0. The summed E-state index contributed by atoms with van der Waals surface area (Å²) in [5.41, 5.74) is 7.09. The van der Waals surface area contributed by atoms with Crippen LogP contribution in [0.15, 0.2) is 60.7 Å². The summed E-state index contributed by atoms with van der Waals surface area (Å²) in [5, 5.41) is 9.38. The molecule has 0 aliphatic carbocycles. The number of ether oxygens (including phenoxy) is 1. The summed E-state index contributed by atoms with van der Waals surface area (Å²) in [6.07, 6.45) is 7.17. The van der Waals surface area contributed by atoms with Crippen LogP contribution in [0.4, 0.5) is 0 Å². The molecule has 0 fully saturated rings. The smallest absolute Gasteiger partial charge is 0.178 e. The molecule has 0 saturated carbocycles. The van der Waals surface area contributed by atoms with Gasteiger partial charge in [0.05, 0.1) is 6.61 Å². The van der Waals surface area contributed by atoms with Crippen LogP contribution >= 0.6 is 0 Å². The summed E-state index contributed by atoms with van der Waals surface area (Å²) in [4.78, 5) is 11.9. The Balaban J connectivity index is 1.94. The lowest BCUT2D eigenvalue weighted by Gasteiger charge is -2.05. The van der Waals surface area contributed by atoms with Crippen LogP contribution in [-0.2, 0) is 4.79 Å². The second-order valence-corrected chi connectivity index (χ2v) is 5.23. The fourth-order valence-electron chi connectivity index (χ4n) is 2.02. The first-order valence-electron chi connectivity index (χ1n) is 7.79. The summed E-state index contributed by atoms with van der Waals surface area (Å²) in [6, 6.07) is 14.2. The Morgan fingerprint density at radius 2 is 1.71 bits per heavy atom. The molecule has 0 spiro atoms. The Bertz CT molecular complexity index is 735. The van der Waals surface area contributed by atoms with Gasteiger partial charge in [-0.15, -0.1) is 0 Å². The van der Waals surface area contributed by atoms with Gasteiger partial charge in [-0.05, 0) is 60.5 Å².